The summed E-state index contributed by atoms with van der Waals surface area (Å²) in [5, 5.41) is -0.323. The van der Waals surface area contributed by atoms with Gasteiger partial charge in [0, 0.05) is 11.3 Å². The van der Waals surface area contributed by atoms with Gasteiger partial charge in [-0.25, -0.2) is 4.79 Å². The molecule has 0 atom stereocenters. The topological polar surface area (TPSA) is 43.4 Å². The molecule has 16 heavy (non-hydrogen) atoms. The zero-order chi connectivity index (χ0) is 12.0. The molecule has 0 amide bonds. The van der Waals surface area contributed by atoms with Crippen LogP contribution in [0, 0.1) is 0 Å². The highest BCUT2D eigenvalue weighted by Gasteiger charge is 2.03. The predicted octanol–water partition coefficient (Wildman–Crippen LogP) is 3.07. The van der Waals surface area contributed by atoms with E-state index in [2.05, 4.69) is 4.74 Å². The number of ketones is 1. The first-order valence-corrected chi connectivity index (χ1v) is 5.77. The minimum Gasteiger partial charge on any atom is -0.461 e. The summed E-state index contributed by atoms with van der Waals surface area (Å²) in [4.78, 5) is 22.6. The molecule has 0 fully saturated rings. The summed E-state index contributed by atoms with van der Waals surface area (Å²) < 4.78 is 4.54. The molecular formula is C12H14O3S. The zero-order valence-electron chi connectivity index (χ0n) is 9.36. The van der Waals surface area contributed by atoms with Crippen LogP contribution in [-0.2, 0) is 16.0 Å². The molecule has 1 rings (SSSR count). The number of ether oxygens (including phenoxy) is 1. The molecule has 0 spiro atoms. The molecule has 0 heterocycles. The van der Waals surface area contributed by atoms with Crippen molar-refractivity contribution in [1.29, 1.82) is 0 Å². The second-order valence-electron chi connectivity index (χ2n) is 3.40. The lowest BCUT2D eigenvalue weighted by Crippen LogP contribution is -1.94. The van der Waals surface area contributed by atoms with Crippen molar-refractivity contribution in [2.24, 2.45) is 0 Å². The molecule has 0 saturated heterocycles. The number of methoxy groups -OCH3 is 1. The molecule has 3 nitrogen and oxygen atoms in total. The van der Waals surface area contributed by atoms with Crippen LogP contribution in [0.3, 0.4) is 0 Å². The van der Waals surface area contributed by atoms with Gasteiger partial charge in [-0.05, 0) is 42.8 Å². The normalized spacial score (nSPS) is 9.88. The molecule has 0 aliphatic carbocycles. The molecule has 0 radical (unpaired) electrons. The van der Waals surface area contributed by atoms with Crippen LogP contribution in [0.4, 0.5) is 4.79 Å². The Morgan fingerprint density at radius 1 is 1.25 bits per heavy atom. The van der Waals surface area contributed by atoms with Crippen molar-refractivity contribution in [3.05, 3.63) is 29.8 Å². The van der Waals surface area contributed by atoms with E-state index < -0.39 is 0 Å². The van der Waals surface area contributed by atoms with Gasteiger partial charge in [0.15, 0.2) is 0 Å². The highest BCUT2D eigenvalue weighted by atomic mass is 32.2. The van der Waals surface area contributed by atoms with Gasteiger partial charge in [-0.3, -0.25) is 0 Å². The van der Waals surface area contributed by atoms with Crippen molar-refractivity contribution in [2.75, 3.05) is 7.11 Å². The van der Waals surface area contributed by atoms with E-state index in [0.717, 1.165) is 28.6 Å². The highest BCUT2D eigenvalue weighted by Crippen LogP contribution is 2.20. The summed E-state index contributed by atoms with van der Waals surface area (Å²) in [6.45, 7) is 1.58. The van der Waals surface area contributed by atoms with E-state index in [0.29, 0.717) is 6.42 Å². The van der Waals surface area contributed by atoms with Gasteiger partial charge in [-0.1, -0.05) is 12.1 Å². The Hall–Kier alpha value is -1.29. The number of hydrogen-bond donors (Lipinski definition) is 0. The molecule has 0 aliphatic rings. The minimum absolute atomic E-state index is 0.188. The Bertz CT molecular complexity index is 370. The van der Waals surface area contributed by atoms with E-state index in [4.69, 9.17) is 0 Å². The van der Waals surface area contributed by atoms with E-state index >= 15 is 0 Å². The average Bonchev–Trinajstić information content (AvgIpc) is 2.28. The van der Waals surface area contributed by atoms with Crippen LogP contribution in [0.25, 0.3) is 0 Å². The van der Waals surface area contributed by atoms with Crippen molar-refractivity contribution in [3.63, 3.8) is 0 Å². The second-order valence-corrected chi connectivity index (χ2v) is 4.41. The fourth-order valence-electron chi connectivity index (χ4n) is 1.18. The van der Waals surface area contributed by atoms with Crippen LogP contribution >= 0.6 is 11.8 Å². The third kappa shape index (κ3) is 4.49. The first-order valence-electron chi connectivity index (χ1n) is 4.96. The third-order valence-corrected chi connectivity index (χ3v) is 2.90. The summed E-state index contributed by atoms with van der Waals surface area (Å²) in [6, 6.07) is 7.57. The Kier molecular flexibility index (Phi) is 5.05. The monoisotopic (exact) mass is 238 g/mol. The first kappa shape index (κ1) is 12.8. The quantitative estimate of drug-likeness (QED) is 0.597. The predicted molar refractivity (Wildman–Crippen MR) is 63.7 cm³/mol. The lowest BCUT2D eigenvalue weighted by molar-refractivity contribution is -0.116. The fraction of sp³-hybridized carbons (Fsp3) is 0.333. The molecule has 0 N–H and O–H groups in total. The second kappa shape index (κ2) is 6.33. The number of carbonyl (C=O) groups is 2. The van der Waals surface area contributed by atoms with E-state index in [9.17, 15) is 9.59 Å². The van der Waals surface area contributed by atoms with E-state index in [1.807, 2.05) is 24.3 Å². The molecule has 4 heteroatoms. The van der Waals surface area contributed by atoms with Gasteiger partial charge < -0.3 is 9.53 Å². The number of aryl methyl sites for hydroxylation is 1. The molecule has 0 aliphatic heterocycles. The van der Waals surface area contributed by atoms with Gasteiger partial charge in [0.25, 0.3) is 0 Å². The number of Topliss-reactive ketones (excluding diaryl/α,β-unsaturated/α-hetero) is 1. The van der Waals surface area contributed by atoms with Crippen LogP contribution in [0.2, 0.25) is 0 Å². The Morgan fingerprint density at radius 2 is 1.88 bits per heavy atom. The van der Waals surface area contributed by atoms with Crippen LogP contribution < -0.4 is 0 Å². The van der Waals surface area contributed by atoms with Gasteiger partial charge in [0.1, 0.15) is 5.78 Å². The van der Waals surface area contributed by atoms with Crippen molar-refractivity contribution in [1.82, 2.24) is 0 Å². The maximum atomic E-state index is 11.0. The summed E-state index contributed by atoms with van der Waals surface area (Å²) in [6.07, 6.45) is 1.31. The molecule has 0 aromatic heterocycles. The largest absolute Gasteiger partial charge is 0.461 e. The lowest BCUT2D eigenvalue weighted by Gasteiger charge is -2.02. The van der Waals surface area contributed by atoms with Crippen molar-refractivity contribution in [3.8, 4) is 0 Å². The number of thioether (sulfide) groups is 1. The van der Waals surface area contributed by atoms with Crippen molar-refractivity contribution in [2.45, 2.75) is 24.7 Å². The molecular weight excluding hydrogens is 224 g/mol. The van der Waals surface area contributed by atoms with Crippen LogP contribution in [0.15, 0.2) is 29.2 Å². The first-order chi connectivity index (χ1) is 7.61. The summed E-state index contributed by atoms with van der Waals surface area (Å²) in [7, 11) is 1.36. The fourth-order valence-corrected chi connectivity index (χ4v) is 1.73. The average molecular weight is 238 g/mol. The summed E-state index contributed by atoms with van der Waals surface area (Å²) >= 11 is 1.05. The highest BCUT2D eigenvalue weighted by molar-refractivity contribution is 8.13. The Balaban J connectivity index is 2.54. The maximum Gasteiger partial charge on any atom is 0.371 e. The van der Waals surface area contributed by atoms with Crippen LogP contribution in [0.1, 0.15) is 18.9 Å². The Labute approximate surface area is 99.2 Å². The molecule has 0 unspecified atom stereocenters. The van der Waals surface area contributed by atoms with Gasteiger partial charge in [0.2, 0.25) is 0 Å². The number of rotatable bonds is 4. The van der Waals surface area contributed by atoms with Crippen LogP contribution in [0.5, 0.6) is 0 Å². The van der Waals surface area contributed by atoms with Gasteiger partial charge in [-0.2, -0.15) is 0 Å². The molecule has 1 aromatic carbocycles. The SMILES string of the molecule is COC(=O)Sc1ccc(CCC(C)=O)cc1. The molecule has 0 bridgehead atoms. The van der Waals surface area contributed by atoms with Crippen LogP contribution in [-0.4, -0.2) is 18.2 Å². The van der Waals surface area contributed by atoms with E-state index in [1.54, 1.807) is 6.92 Å². The van der Waals surface area contributed by atoms with Crippen molar-refractivity contribution < 1.29 is 14.3 Å². The number of hydrogen-bond acceptors (Lipinski definition) is 4. The molecule has 86 valence electrons. The summed E-state index contributed by atoms with van der Waals surface area (Å²) in [5.74, 6) is 0.188. The summed E-state index contributed by atoms with van der Waals surface area (Å²) in [5.41, 5.74) is 1.10. The smallest absolute Gasteiger partial charge is 0.371 e. The van der Waals surface area contributed by atoms with E-state index in [-0.39, 0.29) is 11.1 Å². The number of benzene rings is 1. The van der Waals surface area contributed by atoms with Gasteiger partial charge in [0.05, 0.1) is 7.11 Å². The maximum absolute atomic E-state index is 11.0. The van der Waals surface area contributed by atoms with Gasteiger partial charge >= 0.3 is 5.30 Å². The van der Waals surface area contributed by atoms with Crippen molar-refractivity contribution >= 4 is 22.8 Å². The van der Waals surface area contributed by atoms with E-state index in [1.165, 1.54) is 7.11 Å². The minimum atomic E-state index is -0.323. The zero-order valence-corrected chi connectivity index (χ0v) is 10.2. The molecule has 1 aromatic rings. The number of carbonyl (C=O) groups excluding carboxylic acids is 2. The Morgan fingerprint density at radius 3 is 2.38 bits per heavy atom. The molecule has 0 saturated carbocycles. The third-order valence-electron chi connectivity index (χ3n) is 2.06. The standard InChI is InChI=1S/C12H14O3S/c1-9(13)3-4-10-5-7-11(8-6-10)16-12(14)15-2/h5-8H,3-4H2,1-2H3. The lowest BCUT2D eigenvalue weighted by atomic mass is 10.1. The van der Waals surface area contributed by atoms with Gasteiger partial charge in [-0.15, -0.1) is 0 Å².